The van der Waals surface area contributed by atoms with Crippen LogP contribution >= 0.6 is 48.0 Å². The lowest BCUT2D eigenvalue weighted by atomic mass is 9.78. The van der Waals surface area contributed by atoms with Gasteiger partial charge in [0.2, 0.25) is 0 Å². The highest BCUT2D eigenvalue weighted by Gasteiger charge is 2.50. The zero-order chi connectivity index (χ0) is 56.4. The molecular weight excluding hydrogens is 1110 g/mol. The zero-order valence-electron chi connectivity index (χ0n) is 46.6. The highest BCUT2D eigenvalue weighted by molar-refractivity contribution is 6.32. The van der Waals surface area contributed by atoms with Crippen molar-refractivity contribution in [3.05, 3.63) is 142 Å². The van der Waals surface area contributed by atoms with E-state index in [0.717, 1.165) is 59.3 Å². The average Bonchev–Trinajstić information content (AvgIpc) is 3.46. The lowest BCUT2D eigenvalue weighted by Crippen LogP contribution is -2.61. The number of aromatic nitrogens is 2. The molecule has 6 aromatic rings. The van der Waals surface area contributed by atoms with Gasteiger partial charge >= 0.3 is 11.9 Å². The van der Waals surface area contributed by atoms with E-state index in [1.165, 1.54) is 0 Å². The Bertz CT molecular complexity index is 3200. The first-order valence-corrected chi connectivity index (χ1v) is 27.7. The van der Waals surface area contributed by atoms with Crippen LogP contribution in [0.3, 0.4) is 0 Å². The number of esters is 1. The molecule has 4 aromatic carbocycles. The Morgan fingerprint density at radius 1 is 0.617 bits per heavy atom. The first-order chi connectivity index (χ1) is 37.8. The van der Waals surface area contributed by atoms with Crippen molar-refractivity contribution in [2.45, 2.75) is 101 Å². The molecule has 2 amide bonds. The smallest absolute Gasteiger partial charge is 0.332 e. The Labute approximate surface area is 496 Å². The van der Waals surface area contributed by atoms with Crippen molar-refractivity contribution < 1.29 is 43.6 Å². The SMILES string of the molecule is Cc1ccccc1-c1ccc(C(=O)NC2(C(=O)O)CCCC(OC(=O)C3(NC(=O)c4ccc(-c5ccccc5C)c(-c5ccc(Cl)c(OCCCN(C)C)c5)n4)CCCC(O)C3)C2)nc1-c1ccc(Cl)c(OCCCN(C)C)c1.Cl.Cl. The standard InChI is InChI=1S/C62H70Cl2N6O9.2ClH/c1-39-15-7-9-19-45(39)47-23-27-51(65-55(47)41-21-25-49(63)53(35-41)77-33-13-31-69(3)4)57(72)67-61(59(74)75)29-12-18-44(38-61)79-60(76)62(30-11-17-43(71)37-62)68-58(73)52-28-24-48(46-20-10-8-16-40(46)2)56(66-52)42-22-26-50(64)54(36-42)78-34-14-32-70(5)6;;/h7-10,15-16,19-28,35-36,43-44,71H,11-14,17-18,29-34,37-38H2,1-6H3,(H,67,72)(H,68,73)(H,74,75);2*1H. The molecular formula is C62H72Cl4N6O9. The van der Waals surface area contributed by atoms with Gasteiger partial charge in [0.1, 0.15) is 40.1 Å². The summed E-state index contributed by atoms with van der Waals surface area (Å²) in [5.41, 5.74) is 3.91. The number of aliphatic carboxylic acids is 1. The Kier molecular flexibility index (Phi) is 22.6. The van der Waals surface area contributed by atoms with Crippen molar-refractivity contribution in [2.24, 2.45) is 0 Å². The fourth-order valence-electron chi connectivity index (χ4n) is 10.6. The lowest BCUT2D eigenvalue weighted by Gasteiger charge is -2.41. The fraction of sp³-hybridized carbons (Fsp3) is 0.387. The molecule has 2 aromatic heterocycles. The molecule has 4 N–H and O–H groups in total. The van der Waals surface area contributed by atoms with Crippen molar-refractivity contribution in [1.29, 1.82) is 0 Å². The normalized spacial score (nSPS) is 18.7. The van der Waals surface area contributed by atoms with Crippen LogP contribution < -0.4 is 20.1 Å². The second-order valence-electron chi connectivity index (χ2n) is 21.4. The largest absolute Gasteiger partial charge is 0.492 e. The topological polar surface area (TPSA) is 193 Å². The molecule has 2 fully saturated rings. The molecule has 4 atom stereocenters. The Morgan fingerprint density at radius 3 is 1.53 bits per heavy atom. The van der Waals surface area contributed by atoms with Crippen molar-refractivity contribution >= 4 is 71.8 Å². The Morgan fingerprint density at radius 2 is 1.07 bits per heavy atom. The summed E-state index contributed by atoms with van der Waals surface area (Å²) in [4.78, 5) is 71.2. The molecule has 81 heavy (non-hydrogen) atoms. The number of pyridine rings is 2. The van der Waals surface area contributed by atoms with Crippen LogP contribution in [0, 0.1) is 13.8 Å². The maximum atomic E-state index is 14.7. The first-order valence-electron chi connectivity index (χ1n) is 26.9. The van der Waals surface area contributed by atoms with E-state index in [1.807, 2.05) is 109 Å². The third-order valence-electron chi connectivity index (χ3n) is 14.8. The summed E-state index contributed by atoms with van der Waals surface area (Å²) in [6, 6.07) is 33.1. The molecule has 2 heterocycles. The van der Waals surface area contributed by atoms with Gasteiger partial charge in [-0.05, 0) is 164 Å². The maximum absolute atomic E-state index is 14.7. The van der Waals surface area contributed by atoms with Crippen LogP contribution in [0.1, 0.15) is 96.3 Å². The van der Waals surface area contributed by atoms with Crippen molar-refractivity contribution in [1.82, 2.24) is 30.4 Å². The quantitative estimate of drug-likeness (QED) is 0.0393. The molecule has 2 saturated carbocycles. The van der Waals surface area contributed by atoms with E-state index in [2.05, 4.69) is 20.4 Å². The van der Waals surface area contributed by atoms with E-state index in [1.54, 1.807) is 42.5 Å². The van der Waals surface area contributed by atoms with Crippen molar-refractivity contribution in [3.63, 3.8) is 0 Å². The van der Waals surface area contributed by atoms with Gasteiger partial charge in [0, 0.05) is 48.2 Å². The minimum Gasteiger partial charge on any atom is -0.492 e. The van der Waals surface area contributed by atoms with Crippen LogP contribution in [0.2, 0.25) is 10.0 Å². The summed E-state index contributed by atoms with van der Waals surface area (Å²) >= 11 is 13.3. The molecule has 2 aliphatic carbocycles. The number of ether oxygens (including phenoxy) is 3. The van der Waals surface area contributed by atoms with E-state index in [-0.39, 0.29) is 68.3 Å². The third-order valence-corrected chi connectivity index (χ3v) is 15.4. The zero-order valence-corrected chi connectivity index (χ0v) is 49.7. The molecule has 4 unspecified atom stereocenters. The second kappa shape index (κ2) is 28.6. The fourth-order valence-corrected chi connectivity index (χ4v) is 10.9. The number of halogens is 4. The average molecular weight is 1190 g/mol. The number of hydrogen-bond donors (Lipinski definition) is 4. The van der Waals surface area contributed by atoms with Gasteiger partial charge in [0.15, 0.2) is 0 Å². The van der Waals surface area contributed by atoms with E-state index in [0.29, 0.717) is 76.5 Å². The number of nitrogens with one attached hydrogen (secondary N) is 2. The molecule has 0 spiro atoms. The van der Waals surface area contributed by atoms with Gasteiger partial charge in [0.25, 0.3) is 11.8 Å². The number of benzene rings is 4. The van der Waals surface area contributed by atoms with Crippen LogP contribution in [0.15, 0.2) is 109 Å². The summed E-state index contributed by atoms with van der Waals surface area (Å²) in [6.07, 6.45) is 0.773. The summed E-state index contributed by atoms with van der Waals surface area (Å²) in [7, 11) is 7.97. The van der Waals surface area contributed by atoms with Crippen molar-refractivity contribution in [3.8, 4) is 56.3 Å². The van der Waals surface area contributed by atoms with Crippen LogP contribution in [0.5, 0.6) is 11.5 Å². The highest BCUT2D eigenvalue weighted by atomic mass is 35.5. The van der Waals surface area contributed by atoms with E-state index in [9.17, 15) is 29.4 Å². The monoisotopic (exact) mass is 1180 g/mol. The molecule has 8 rings (SSSR count). The number of carbonyl (C=O) groups is 4. The molecule has 0 bridgehead atoms. The van der Waals surface area contributed by atoms with Gasteiger partial charge in [0.05, 0.1) is 40.8 Å². The number of carbonyl (C=O) groups excluding carboxylic acids is 3. The molecule has 0 saturated heterocycles. The predicted molar refractivity (Wildman–Crippen MR) is 322 cm³/mol. The number of carboxylic acid groups (broad SMARTS) is 1. The molecule has 0 aliphatic heterocycles. The molecule has 15 nitrogen and oxygen atoms in total. The van der Waals surface area contributed by atoms with Crippen molar-refractivity contribution in [2.75, 3.05) is 54.5 Å². The van der Waals surface area contributed by atoms with Gasteiger partial charge in [-0.15, -0.1) is 24.8 Å². The predicted octanol–water partition coefficient (Wildman–Crippen LogP) is 11.7. The second-order valence-corrected chi connectivity index (χ2v) is 22.2. The van der Waals surface area contributed by atoms with E-state index >= 15 is 0 Å². The van der Waals surface area contributed by atoms with Gasteiger partial charge < -0.3 is 44.9 Å². The number of aryl methyl sites for hydroxylation is 2. The Hall–Kier alpha value is -6.30. The number of rotatable bonds is 21. The lowest BCUT2D eigenvalue weighted by molar-refractivity contribution is -0.166. The maximum Gasteiger partial charge on any atom is 0.332 e. The third kappa shape index (κ3) is 15.6. The number of carboxylic acids is 1. The van der Waals surface area contributed by atoms with E-state index in [4.69, 9.17) is 47.4 Å². The number of amides is 2. The summed E-state index contributed by atoms with van der Waals surface area (Å²) in [6.45, 7) is 6.49. The minimum absolute atomic E-state index is 0. The van der Waals surface area contributed by atoms with E-state index < -0.39 is 47.0 Å². The van der Waals surface area contributed by atoms with Crippen LogP contribution in [0.4, 0.5) is 0 Å². The number of nitrogens with zero attached hydrogens (tertiary/aromatic N) is 4. The molecule has 19 heteroatoms. The van der Waals surface area contributed by atoms with Crippen LogP contribution in [-0.2, 0) is 14.3 Å². The van der Waals surface area contributed by atoms with Gasteiger partial charge in [-0.2, -0.15) is 0 Å². The van der Waals surface area contributed by atoms with Gasteiger partial charge in [-0.1, -0.05) is 83.9 Å². The van der Waals surface area contributed by atoms with Gasteiger partial charge in [-0.3, -0.25) is 9.59 Å². The summed E-state index contributed by atoms with van der Waals surface area (Å²) < 4.78 is 18.5. The molecule has 0 radical (unpaired) electrons. The number of aliphatic hydroxyl groups excluding tert-OH is 1. The molecule has 2 aliphatic rings. The summed E-state index contributed by atoms with van der Waals surface area (Å²) in [5.74, 6) is -2.59. The highest BCUT2D eigenvalue weighted by Crippen LogP contribution is 2.40. The first kappa shape index (κ1) is 63.9. The minimum atomic E-state index is -1.86. The van der Waals surface area contributed by atoms with Crippen LogP contribution in [-0.4, -0.2) is 132 Å². The van der Waals surface area contributed by atoms with Gasteiger partial charge in [-0.25, -0.2) is 19.6 Å². The number of aliphatic hydroxyl groups is 1. The molecule has 432 valence electrons. The summed E-state index contributed by atoms with van der Waals surface area (Å²) in [5, 5.41) is 28.6. The number of hydrogen-bond acceptors (Lipinski definition) is 12. The Balaban J connectivity index is 0.00000528. The van der Waals surface area contributed by atoms with Crippen LogP contribution in [0.25, 0.3) is 44.8 Å².